The molecular weight excluding hydrogens is 270 g/mol. The number of ether oxygens (including phenoxy) is 1. The van der Waals surface area contributed by atoms with Crippen LogP contribution in [-0.4, -0.2) is 32.9 Å². The molecule has 3 N–H and O–H groups in total. The molecule has 0 radical (unpaired) electrons. The van der Waals surface area contributed by atoms with Gasteiger partial charge >= 0.3 is 0 Å². The number of aliphatic hydroxyl groups excluding tert-OH is 1. The van der Waals surface area contributed by atoms with Crippen molar-refractivity contribution in [1.29, 1.82) is 0 Å². The van der Waals surface area contributed by atoms with Crippen LogP contribution in [-0.2, 0) is 0 Å². The first-order chi connectivity index (χ1) is 8.74. The van der Waals surface area contributed by atoms with Gasteiger partial charge in [-0.25, -0.2) is 4.98 Å². The predicted octanol–water partition coefficient (Wildman–Crippen LogP) is 1.65. The van der Waals surface area contributed by atoms with Crippen molar-refractivity contribution < 1.29 is 9.84 Å². The van der Waals surface area contributed by atoms with Gasteiger partial charge in [-0.1, -0.05) is 11.8 Å². The molecule has 1 atom stereocenters. The third-order valence-corrected chi connectivity index (χ3v) is 4.01. The molecule has 0 bridgehead atoms. The minimum atomic E-state index is -0.545. The summed E-state index contributed by atoms with van der Waals surface area (Å²) in [5, 5.41) is 9.75. The Balaban J connectivity index is 1.71. The molecule has 1 unspecified atom stereocenters. The van der Waals surface area contributed by atoms with Gasteiger partial charge in [0.1, 0.15) is 18.7 Å². The summed E-state index contributed by atoms with van der Waals surface area (Å²) in [6.07, 6.45) is 0.959. The zero-order chi connectivity index (χ0) is 12.8. The Bertz CT molecular complexity index is 462. The number of nitrogens with zero attached hydrogens (tertiary/aromatic N) is 2. The summed E-state index contributed by atoms with van der Waals surface area (Å²) in [4.78, 5) is 4.02. The fraction of sp³-hybridized carbons (Fsp3) is 0.273. The summed E-state index contributed by atoms with van der Waals surface area (Å²) in [6, 6.07) is 7.08. The second-order valence-corrected chi connectivity index (χ2v) is 5.60. The first-order valence-corrected chi connectivity index (χ1v) is 7.06. The molecule has 0 aliphatic carbocycles. The van der Waals surface area contributed by atoms with Gasteiger partial charge in [-0.05, 0) is 35.8 Å². The number of hydrogen-bond donors (Lipinski definition) is 2. The molecular formula is C11H13N3O2S2. The summed E-state index contributed by atoms with van der Waals surface area (Å²) < 4.78 is 10.2. The van der Waals surface area contributed by atoms with E-state index in [1.165, 1.54) is 29.6 Å². The van der Waals surface area contributed by atoms with E-state index >= 15 is 0 Å². The number of nitrogen functional groups attached to an aromatic ring is 1. The van der Waals surface area contributed by atoms with Gasteiger partial charge in [-0.3, -0.25) is 0 Å². The Morgan fingerprint density at radius 1 is 1.39 bits per heavy atom. The van der Waals surface area contributed by atoms with E-state index in [1.807, 2.05) is 0 Å². The van der Waals surface area contributed by atoms with Gasteiger partial charge in [0.25, 0.3) is 0 Å². The number of aromatic nitrogens is 2. The fourth-order valence-electron chi connectivity index (χ4n) is 1.20. The van der Waals surface area contributed by atoms with Crippen LogP contribution in [0.5, 0.6) is 5.75 Å². The normalized spacial score (nSPS) is 12.3. The van der Waals surface area contributed by atoms with Crippen LogP contribution in [0.25, 0.3) is 0 Å². The van der Waals surface area contributed by atoms with Gasteiger partial charge in [0, 0.05) is 11.4 Å². The lowest BCUT2D eigenvalue weighted by Crippen LogP contribution is -2.19. The van der Waals surface area contributed by atoms with Crippen LogP contribution in [0, 0.1) is 0 Å². The zero-order valence-electron chi connectivity index (χ0n) is 9.52. The minimum absolute atomic E-state index is 0.246. The number of thioether (sulfide) groups is 1. The molecule has 0 saturated carbocycles. The summed E-state index contributed by atoms with van der Waals surface area (Å²) >= 11 is 2.78. The molecule has 1 heterocycles. The van der Waals surface area contributed by atoms with Crippen LogP contribution in [0.4, 0.5) is 5.69 Å². The molecule has 2 rings (SSSR count). The Kier molecular flexibility index (Phi) is 4.80. The van der Waals surface area contributed by atoms with Gasteiger partial charge in [0.15, 0.2) is 4.34 Å². The van der Waals surface area contributed by atoms with Gasteiger partial charge in [-0.2, -0.15) is 4.37 Å². The topological polar surface area (TPSA) is 81.3 Å². The number of benzene rings is 1. The maximum atomic E-state index is 9.75. The maximum absolute atomic E-state index is 9.75. The molecule has 5 nitrogen and oxygen atoms in total. The quantitative estimate of drug-likeness (QED) is 0.620. The molecule has 0 aliphatic rings. The smallest absolute Gasteiger partial charge is 0.169 e. The summed E-state index contributed by atoms with van der Waals surface area (Å²) in [5.74, 6) is 1.23. The highest BCUT2D eigenvalue weighted by Gasteiger charge is 2.07. The SMILES string of the molecule is Nc1ccc(OCC(O)CSc2ncns2)cc1. The van der Waals surface area contributed by atoms with Crippen molar-refractivity contribution in [2.45, 2.75) is 10.4 Å². The van der Waals surface area contributed by atoms with Crippen LogP contribution >= 0.6 is 23.3 Å². The fourth-order valence-corrected chi connectivity index (χ4v) is 2.57. The van der Waals surface area contributed by atoms with Crippen molar-refractivity contribution in [3.05, 3.63) is 30.6 Å². The minimum Gasteiger partial charge on any atom is -0.491 e. The highest BCUT2D eigenvalue weighted by atomic mass is 32.2. The van der Waals surface area contributed by atoms with E-state index < -0.39 is 6.10 Å². The number of hydrogen-bond acceptors (Lipinski definition) is 7. The summed E-state index contributed by atoms with van der Waals surface area (Å²) in [5.41, 5.74) is 6.25. The van der Waals surface area contributed by atoms with Crippen LogP contribution in [0.15, 0.2) is 34.9 Å². The highest BCUT2D eigenvalue weighted by molar-refractivity contribution is 8.00. The molecule has 0 spiro atoms. The third-order valence-electron chi connectivity index (χ3n) is 2.06. The van der Waals surface area contributed by atoms with Crippen molar-refractivity contribution in [1.82, 2.24) is 9.36 Å². The van der Waals surface area contributed by atoms with Crippen LogP contribution in [0.2, 0.25) is 0 Å². The van der Waals surface area contributed by atoms with E-state index in [2.05, 4.69) is 9.36 Å². The molecule has 0 amide bonds. The third kappa shape index (κ3) is 4.17. The van der Waals surface area contributed by atoms with E-state index in [0.29, 0.717) is 17.2 Å². The van der Waals surface area contributed by atoms with E-state index in [0.717, 1.165) is 4.34 Å². The number of nitrogens with two attached hydrogens (primary N) is 1. The highest BCUT2D eigenvalue weighted by Crippen LogP contribution is 2.19. The van der Waals surface area contributed by atoms with Crippen LogP contribution in [0.3, 0.4) is 0 Å². The first-order valence-electron chi connectivity index (χ1n) is 5.30. The van der Waals surface area contributed by atoms with Crippen molar-refractivity contribution >= 4 is 29.0 Å². The van der Waals surface area contributed by atoms with E-state index in [-0.39, 0.29) is 6.61 Å². The van der Waals surface area contributed by atoms with Crippen LogP contribution in [0.1, 0.15) is 0 Å². The molecule has 0 saturated heterocycles. The lowest BCUT2D eigenvalue weighted by Gasteiger charge is -2.11. The van der Waals surface area contributed by atoms with Crippen molar-refractivity contribution in [3.8, 4) is 5.75 Å². The van der Waals surface area contributed by atoms with Crippen LogP contribution < -0.4 is 10.5 Å². The molecule has 96 valence electrons. The Morgan fingerprint density at radius 2 is 2.17 bits per heavy atom. The van der Waals surface area contributed by atoms with Crippen molar-refractivity contribution in [2.24, 2.45) is 0 Å². The Hall–Kier alpha value is -1.31. The largest absolute Gasteiger partial charge is 0.491 e. The average Bonchev–Trinajstić information content (AvgIpc) is 2.89. The lowest BCUT2D eigenvalue weighted by atomic mass is 10.3. The summed E-state index contributed by atoms with van der Waals surface area (Å²) in [7, 11) is 0. The van der Waals surface area contributed by atoms with Gasteiger partial charge in [-0.15, -0.1) is 0 Å². The van der Waals surface area contributed by atoms with Crippen molar-refractivity contribution in [3.63, 3.8) is 0 Å². The maximum Gasteiger partial charge on any atom is 0.169 e. The molecule has 0 aliphatic heterocycles. The molecule has 0 fully saturated rings. The second-order valence-electron chi connectivity index (χ2n) is 3.55. The van der Waals surface area contributed by atoms with Gasteiger partial charge < -0.3 is 15.6 Å². The second kappa shape index (κ2) is 6.58. The zero-order valence-corrected chi connectivity index (χ0v) is 11.2. The monoisotopic (exact) mass is 283 g/mol. The predicted molar refractivity (Wildman–Crippen MR) is 73.0 cm³/mol. The number of anilines is 1. The van der Waals surface area contributed by atoms with E-state index in [4.69, 9.17) is 10.5 Å². The first kappa shape index (κ1) is 13.1. The molecule has 2 aromatic rings. The Morgan fingerprint density at radius 3 is 2.83 bits per heavy atom. The lowest BCUT2D eigenvalue weighted by molar-refractivity contribution is 0.126. The molecule has 1 aromatic heterocycles. The average molecular weight is 283 g/mol. The number of aliphatic hydroxyl groups is 1. The number of rotatable bonds is 6. The van der Waals surface area contributed by atoms with E-state index in [1.54, 1.807) is 24.3 Å². The Labute approximate surface area is 113 Å². The molecule has 18 heavy (non-hydrogen) atoms. The standard InChI is InChI=1S/C11H13N3O2S2/c12-8-1-3-10(4-2-8)16-5-9(15)6-17-11-13-7-14-18-11/h1-4,7,9,15H,5-6,12H2. The van der Waals surface area contributed by atoms with Gasteiger partial charge in [0.2, 0.25) is 0 Å². The van der Waals surface area contributed by atoms with Gasteiger partial charge in [0.05, 0.1) is 6.10 Å². The van der Waals surface area contributed by atoms with E-state index in [9.17, 15) is 5.11 Å². The molecule has 1 aromatic carbocycles. The van der Waals surface area contributed by atoms with Crippen molar-refractivity contribution in [2.75, 3.05) is 18.1 Å². The molecule has 7 heteroatoms. The summed E-state index contributed by atoms with van der Waals surface area (Å²) in [6.45, 7) is 0.246.